The highest BCUT2D eigenvalue weighted by atomic mass is 16.3. The second-order valence-corrected chi connectivity index (χ2v) is 8.03. The quantitative estimate of drug-likeness (QED) is 0.504. The molecule has 1 saturated carbocycles. The topological polar surface area (TPSA) is 117 Å². The summed E-state index contributed by atoms with van der Waals surface area (Å²) in [4.78, 5) is 17.2. The van der Waals surface area contributed by atoms with Crippen LogP contribution in [0, 0.1) is 5.41 Å². The van der Waals surface area contributed by atoms with Gasteiger partial charge in [0.1, 0.15) is 0 Å². The lowest BCUT2D eigenvalue weighted by atomic mass is 9.94. The lowest BCUT2D eigenvalue weighted by Gasteiger charge is -2.21. The first-order chi connectivity index (χ1) is 13.4. The molecule has 2 heterocycles. The lowest BCUT2D eigenvalue weighted by Crippen LogP contribution is -2.23. The number of nitrogens with two attached hydrogens (primary N) is 1. The van der Waals surface area contributed by atoms with Gasteiger partial charge < -0.3 is 16.2 Å². The minimum Gasteiger partial charge on any atom is -0.396 e. The molecule has 146 valence electrons. The SMILES string of the molecule is CC(C)Nc1c(C(N)=O)c(CC2(CO)CC2)nc2ccc(-c3cn[nH]c3)cc12. The van der Waals surface area contributed by atoms with Gasteiger partial charge in [-0.2, -0.15) is 5.10 Å². The predicted molar refractivity (Wildman–Crippen MR) is 109 cm³/mol. The van der Waals surface area contributed by atoms with Crippen molar-refractivity contribution in [3.8, 4) is 11.1 Å². The zero-order valence-electron chi connectivity index (χ0n) is 16.1. The number of aliphatic hydroxyl groups excluding tert-OH is 1. The molecule has 1 aliphatic rings. The third-order valence-corrected chi connectivity index (χ3v) is 5.41. The molecule has 2 aromatic heterocycles. The number of hydrogen-bond donors (Lipinski definition) is 4. The van der Waals surface area contributed by atoms with Gasteiger partial charge in [0, 0.05) is 29.8 Å². The second-order valence-electron chi connectivity index (χ2n) is 8.03. The summed E-state index contributed by atoms with van der Waals surface area (Å²) >= 11 is 0. The van der Waals surface area contributed by atoms with Crippen molar-refractivity contribution in [2.75, 3.05) is 11.9 Å². The Balaban J connectivity index is 1.94. The number of primary amides is 1. The van der Waals surface area contributed by atoms with Crippen LogP contribution in [0.5, 0.6) is 0 Å². The zero-order chi connectivity index (χ0) is 19.9. The molecule has 0 aliphatic heterocycles. The number of aromatic nitrogens is 3. The van der Waals surface area contributed by atoms with E-state index in [2.05, 4.69) is 15.5 Å². The largest absolute Gasteiger partial charge is 0.396 e. The van der Waals surface area contributed by atoms with Crippen molar-refractivity contribution in [1.82, 2.24) is 15.2 Å². The van der Waals surface area contributed by atoms with Crippen LogP contribution in [0.25, 0.3) is 22.0 Å². The van der Waals surface area contributed by atoms with E-state index < -0.39 is 5.91 Å². The molecule has 5 N–H and O–H groups in total. The molecule has 4 rings (SSSR count). The van der Waals surface area contributed by atoms with Crippen LogP contribution in [0.15, 0.2) is 30.6 Å². The fraction of sp³-hybridized carbons (Fsp3) is 0.381. The van der Waals surface area contributed by atoms with E-state index in [0.717, 1.165) is 34.9 Å². The summed E-state index contributed by atoms with van der Waals surface area (Å²) in [6, 6.07) is 6.07. The van der Waals surface area contributed by atoms with Gasteiger partial charge in [-0.1, -0.05) is 6.07 Å². The van der Waals surface area contributed by atoms with Crippen LogP contribution in [0.4, 0.5) is 5.69 Å². The molecule has 0 atom stereocenters. The van der Waals surface area contributed by atoms with Gasteiger partial charge in [-0.15, -0.1) is 0 Å². The number of hydrogen-bond acceptors (Lipinski definition) is 5. The predicted octanol–water partition coefficient (Wildman–Crippen LogP) is 2.86. The van der Waals surface area contributed by atoms with Crippen molar-refractivity contribution in [1.29, 1.82) is 0 Å². The number of carbonyl (C=O) groups is 1. The van der Waals surface area contributed by atoms with E-state index in [4.69, 9.17) is 10.7 Å². The van der Waals surface area contributed by atoms with Crippen molar-refractivity contribution in [2.45, 2.75) is 39.2 Å². The Morgan fingerprint density at radius 1 is 1.36 bits per heavy atom. The molecule has 7 heteroatoms. The molecule has 0 bridgehead atoms. The molecular formula is C21H25N5O2. The standard InChI is InChI=1S/C21H25N5O2/c1-12(2)25-19-15-7-13(14-9-23-24-10-14)3-4-16(15)26-17(18(19)20(22)28)8-21(11-27)5-6-21/h3-4,7,9-10,12,27H,5-6,8,11H2,1-2H3,(H2,22,28)(H,23,24)(H,25,26). The summed E-state index contributed by atoms with van der Waals surface area (Å²) in [5.74, 6) is -0.505. The highest BCUT2D eigenvalue weighted by molar-refractivity contribution is 6.08. The van der Waals surface area contributed by atoms with Gasteiger partial charge in [0.05, 0.1) is 28.7 Å². The Morgan fingerprint density at radius 2 is 2.14 bits per heavy atom. The number of fused-ring (bicyclic) bond motifs is 1. The molecule has 1 aromatic carbocycles. The maximum Gasteiger partial charge on any atom is 0.252 e. The Labute approximate surface area is 163 Å². The molecule has 1 fully saturated rings. The van der Waals surface area contributed by atoms with Crippen molar-refractivity contribution in [2.24, 2.45) is 11.1 Å². The Bertz CT molecular complexity index is 1020. The molecular weight excluding hydrogens is 354 g/mol. The minimum atomic E-state index is -0.505. The molecule has 1 aliphatic carbocycles. The highest BCUT2D eigenvalue weighted by Crippen LogP contribution is 2.48. The highest BCUT2D eigenvalue weighted by Gasteiger charge is 2.43. The van der Waals surface area contributed by atoms with Crippen molar-refractivity contribution >= 4 is 22.5 Å². The third-order valence-electron chi connectivity index (χ3n) is 5.41. The zero-order valence-corrected chi connectivity index (χ0v) is 16.1. The van der Waals surface area contributed by atoms with E-state index >= 15 is 0 Å². The first-order valence-electron chi connectivity index (χ1n) is 9.55. The first kappa shape index (κ1) is 18.4. The van der Waals surface area contributed by atoms with E-state index in [0.29, 0.717) is 23.4 Å². The summed E-state index contributed by atoms with van der Waals surface area (Å²) in [7, 11) is 0. The molecule has 0 unspecified atom stereocenters. The number of amides is 1. The molecule has 7 nitrogen and oxygen atoms in total. The molecule has 0 saturated heterocycles. The fourth-order valence-corrected chi connectivity index (χ4v) is 3.66. The average molecular weight is 379 g/mol. The van der Waals surface area contributed by atoms with Crippen LogP contribution in [0.2, 0.25) is 0 Å². The number of pyridine rings is 1. The summed E-state index contributed by atoms with van der Waals surface area (Å²) in [5.41, 5.74) is 10.2. The molecule has 1 amide bonds. The number of aromatic amines is 1. The van der Waals surface area contributed by atoms with Crippen LogP contribution in [0.1, 0.15) is 42.7 Å². The van der Waals surface area contributed by atoms with Crippen molar-refractivity contribution < 1.29 is 9.90 Å². The number of nitrogens with one attached hydrogen (secondary N) is 2. The number of anilines is 1. The van der Waals surface area contributed by atoms with Crippen LogP contribution < -0.4 is 11.1 Å². The molecule has 28 heavy (non-hydrogen) atoms. The monoisotopic (exact) mass is 379 g/mol. The number of carbonyl (C=O) groups excluding carboxylic acids is 1. The van der Waals surface area contributed by atoms with E-state index in [1.807, 2.05) is 38.2 Å². The number of nitrogens with zero attached hydrogens (tertiary/aromatic N) is 2. The van der Waals surface area contributed by atoms with Crippen LogP contribution >= 0.6 is 0 Å². The maximum atomic E-state index is 12.4. The van der Waals surface area contributed by atoms with Crippen molar-refractivity contribution in [3.63, 3.8) is 0 Å². The van der Waals surface area contributed by atoms with Crippen LogP contribution in [-0.4, -0.2) is 38.8 Å². The van der Waals surface area contributed by atoms with Gasteiger partial charge in [0.25, 0.3) is 5.91 Å². The maximum absolute atomic E-state index is 12.4. The fourth-order valence-electron chi connectivity index (χ4n) is 3.66. The first-order valence-corrected chi connectivity index (χ1v) is 9.55. The third kappa shape index (κ3) is 3.33. The van der Waals surface area contributed by atoms with Gasteiger partial charge in [-0.3, -0.25) is 14.9 Å². The molecule has 0 spiro atoms. The van der Waals surface area contributed by atoms with Gasteiger partial charge in [-0.25, -0.2) is 0 Å². The van der Waals surface area contributed by atoms with Gasteiger partial charge in [0.2, 0.25) is 0 Å². The van der Waals surface area contributed by atoms with E-state index in [1.165, 1.54) is 0 Å². The van der Waals surface area contributed by atoms with Gasteiger partial charge >= 0.3 is 0 Å². The Morgan fingerprint density at radius 3 is 2.71 bits per heavy atom. The van der Waals surface area contributed by atoms with E-state index in [-0.39, 0.29) is 18.1 Å². The normalized spacial score (nSPS) is 15.1. The molecule has 0 radical (unpaired) electrons. The number of benzene rings is 1. The van der Waals surface area contributed by atoms with Crippen LogP contribution in [0.3, 0.4) is 0 Å². The smallest absolute Gasteiger partial charge is 0.252 e. The summed E-state index contributed by atoms with van der Waals surface area (Å²) in [6.45, 7) is 4.14. The molecule has 3 aromatic rings. The number of aliphatic hydroxyl groups is 1. The minimum absolute atomic E-state index is 0.0945. The number of H-pyrrole nitrogens is 1. The summed E-state index contributed by atoms with van der Waals surface area (Å²) < 4.78 is 0. The summed E-state index contributed by atoms with van der Waals surface area (Å²) in [5, 5.41) is 20.8. The average Bonchev–Trinajstić information content (AvgIpc) is 3.21. The Kier molecular flexibility index (Phi) is 4.55. The van der Waals surface area contributed by atoms with E-state index in [9.17, 15) is 9.90 Å². The summed E-state index contributed by atoms with van der Waals surface area (Å²) in [6.07, 6.45) is 6.01. The number of rotatable bonds is 7. The van der Waals surface area contributed by atoms with Crippen molar-refractivity contribution in [3.05, 3.63) is 41.9 Å². The Hall–Kier alpha value is -2.93. The van der Waals surface area contributed by atoms with Gasteiger partial charge in [-0.05, 0) is 56.2 Å². The second kappa shape index (κ2) is 6.91. The van der Waals surface area contributed by atoms with Crippen LogP contribution in [-0.2, 0) is 6.42 Å². The van der Waals surface area contributed by atoms with E-state index in [1.54, 1.807) is 6.20 Å². The lowest BCUT2D eigenvalue weighted by molar-refractivity contribution is 0.0999. The van der Waals surface area contributed by atoms with Gasteiger partial charge in [0.15, 0.2) is 0 Å².